The molecule has 0 bridgehead atoms. The Morgan fingerprint density at radius 2 is 1.84 bits per heavy atom. The van der Waals surface area contributed by atoms with Gasteiger partial charge in [-0.05, 0) is 43.4 Å². The number of amides is 1. The van der Waals surface area contributed by atoms with Gasteiger partial charge in [-0.2, -0.15) is 0 Å². The van der Waals surface area contributed by atoms with Crippen molar-refractivity contribution >= 4 is 40.1 Å². The fourth-order valence-electron chi connectivity index (χ4n) is 3.75. The summed E-state index contributed by atoms with van der Waals surface area (Å²) in [7, 11) is 2.16. The van der Waals surface area contributed by atoms with Gasteiger partial charge in [0.05, 0.1) is 21.6 Å². The van der Waals surface area contributed by atoms with E-state index in [-0.39, 0.29) is 0 Å². The molecule has 0 unspecified atom stereocenters. The summed E-state index contributed by atoms with van der Waals surface area (Å²) >= 11 is 1.35. The fraction of sp³-hybridized carbons (Fsp3) is 0.227. The van der Waals surface area contributed by atoms with Gasteiger partial charge in [0, 0.05) is 49.9 Å². The number of nitrogens with one attached hydrogen (secondary N) is 1. The molecule has 3 N–H and O–H groups in total. The number of fused-ring (bicyclic) bond motifs is 1. The van der Waals surface area contributed by atoms with E-state index in [0.29, 0.717) is 10.7 Å². The Labute approximate surface area is 183 Å². The van der Waals surface area contributed by atoms with Gasteiger partial charge in [-0.15, -0.1) is 11.3 Å². The number of benzene rings is 1. The molecule has 3 aromatic heterocycles. The Kier molecular flexibility index (Phi) is 5.05. The third-order valence-corrected chi connectivity index (χ3v) is 6.65. The van der Waals surface area contributed by atoms with Gasteiger partial charge in [0.25, 0.3) is 5.91 Å². The highest BCUT2D eigenvalue weighted by Gasteiger charge is 2.15. The van der Waals surface area contributed by atoms with Gasteiger partial charge in [-0.25, -0.2) is 9.97 Å². The average Bonchev–Trinajstić information content (AvgIpc) is 3.46. The topological polar surface area (TPSA) is 91.8 Å². The van der Waals surface area contributed by atoms with Crippen LogP contribution in [0.3, 0.4) is 0 Å². The molecule has 1 aliphatic heterocycles. The van der Waals surface area contributed by atoms with Crippen LogP contribution < -0.4 is 16.0 Å². The molecule has 158 valence electrons. The maximum Gasteiger partial charge on any atom is 0.258 e. The van der Waals surface area contributed by atoms with Gasteiger partial charge in [0.15, 0.2) is 11.5 Å². The number of hydrogen-bond acceptors (Lipinski definition) is 7. The Bertz CT molecular complexity index is 1220. The number of piperazine rings is 1. The second kappa shape index (κ2) is 8.01. The summed E-state index contributed by atoms with van der Waals surface area (Å²) in [5, 5.41) is 3.38. The van der Waals surface area contributed by atoms with Gasteiger partial charge in [-0.3, -0.25) is 9.20 Å². The first kappa shape index (κ1) is 19.5. The summed E-state index contributed by atoms with van der Waals surface area (Å²) in [5.74, 6) is 0.247. The van der Waals surface area contributed by atoms with Crippen LogP contribution >= 0.6 is 11.3 Å². The highest BCUT2D eigenvalue weighted by Crippen LogP contribution is 2.30. The minimum atomic E-state index is -0.426. The molecule has 1 aliphatic rings. The largest absolute Gasteiger partial charge is 0.369 e. The summed E-state index contributed by atoms with van der Waals surface area (Å²) in [6, 6.07) is 12.0. The highest BCUT2D eigenvalue weighted by molar-refractivity contribution is 7.17. The van der Waals surface area contributed by atoms with E-state index in [1.165, 1.54) is 17.0 Å². The number of likely N-dealkylation sites (N-methyl/N-ethyl adjacent to an activating group) is 1. The van der Waals surface area contributed by atoms with Gasteiger partial charge in [-0.1, -0.05) is 0 Å². The molecule has 8 nitrogen and oxygen atoms in total. The molecule has 1 amide bonds. The number of hydrogen-bond donors (Lipinski definition) is 2. The minimum Gasteiger partial charge on any atom is -0.369 e. The Morgan fingerprint density at radius 3 is 2.55 bits per heavy atom. The molecule has 1 fully saturated rings. The van der Waals surface area contributed by atoms with Crippen molar-refractivity contribution in [3.05, 3.63) is 59.9 Å². The lowest BCUT2D eigenvalue weighted by Crippen LogP contribution is -2.44. The smallest absolute Gasteiger partial charge is 0.258 e. The first-order chi connectivity index (χ1) is 15.1. The molecule has 9 heteroatoms. The Morgan fingerprint density at radius 1 is 1.06 bits per heavy atom. The molecule has 4 aromatic rings. The number of nitrogens with two attached hydrogens (primary N) is 1. The van der Waals surface area contributed by atoms with Crippen LogP contribution in [0.1, 0.15) is 9.67 Å². The third-order valence-electron chi connectivity index (χ3n) is 5.53. The molecule has 0 aliphatic carbocycles. The average molecular weight is 434 g/mol. The molecule has 31 heavy (non-hydrogen) atoms. The molecule has 0 spiro atoms. The van der Waals surface area contributed by atoms with Crippen molar-refractivity contribution in [2.24, 2.45) is 5.73 Å². The van der Waals surface area contributed by atoms with E-state index in [9.17, 15) is 4.79 Å². The van der Waals surface area contributed by atoms with Crippen LogP contribution in [0, 0.1) is 0 Å². The number of imidazole rings is 1. The van der Waals surface area contributed by atoms with Gasteiger partial charge in [0.1, 0.15) is 0 Å². The monoisotopic (exact) mass is 433 g/mol. The predicted molar refractivity (Wildman–Crippen MR) is 124 cm³/mol. The van der Waals surface area contributed by atoms with Gasteiger partial charge < -0.3 is 20.9 Å². The Hall–Kier alpha value is -3.43. The van der Waals surface area contributed by atoms with Crippen molar-refractivity contribution in [2.75, 3.05) is 43.4 Å². The number of rotatable bonds is 5. The Balaban J connectivity index is 1.39. The lowest BCUT2D eigenvalue weighted by Gasteiger charge is -2.34. The molecule has 0 radical (unpaired) electrons. The molecular formula is C22H23N7OS. The zero-order valence-corrected chi connectivity index (χ0v) is 18.0. The van der Waals surface area contributed by atoms with Crippen molar-refractivity contribution < 1.29 is 4.79 Å². The number of thiophene rings is 1. The summed E-state index contributed by atoms with van der Waals surface area (Å²) < 4.78 is 1.96. The lowest BCUT2D eigenvalue weighted by atomic mass is 10.2. The van der Waals surface area contributed by atoms with E-state index in [2.05, 4.69) is 56.4 Å². The first-order valence-corrected chi connectivity index (χ1v) is 10.9. The number of carbonyl (C=O) groups excluding carboxylic acids is 1. The zero-order valence-electron chi connectivity index (χ0n) is 17.2. The molecule has 0 atom stereocenters. The van der Waals surface area contributed by atoms with Gasteiger partial charge in [0.2, 0.25) is 0 Å². The molecule has 1 aromatic carbocycles. The molecule has 0 saturated carbocycles. The van der Waals surface area contributed by atoms with Crippen LogP contribution in [0.5, 0.6) is 0 Å². The fourth-order valence-corrected chi connectivity index (χ4v) is 4.62. The van der Waals surface area contributed by atoms with Crippen molar-refractivity contribution in [1.82, 2.24) is 19.3 Å². The second-order valence-electron chi connectivity index (χ2n) is 7.60. The van der Waals surface area contributed by atoms with Gasteiger partial charge >= 0.3 is 0 Å². The summed E-state index contributed by atoms with van der Waals surface area (Å²) in [6.45, 7) is 4.25. The number of anilines is 3. The van der Waals surface area contributed by atoms with E-state index in [0.717, 1.165) is 48.1 Å². The molecular weight excluding hydrogens is 410 g/mol. The van der Waals surface area contributed by atoms with Crippen LogP contribution in [0.15, 0.2) is 55.0 Å². The van der Waals surface area contributed by atoms with Crippen molar-refractivity contribution in [2.45, 2.75) is 0 Å². The van der Waals surface area contributed by atoms with Crippen LogP contribution in [-0.2, 0) is 0 Å². The quantitative estimate of drug-likeness (QED) is 0.503. The third kappa shape index (κ3) is 3.85. The van der Waals surface area contributed by atoms with Crippen LogP contribution in [-0.4, -0.2) is 58.4 Å². The van der Waals surface area contributed by atoms with Crippen molar-refractivity contribution in [3.63, 3.8) is 0 Å². The van der Waals surface area contributed by atoms with Crippen LogP contribution in [0.4, 0.5) is 17.2 Å². The second-order valence-corrected chi connectivity index (χ2v) is 8.69. The molecule has 4 heterocycles. The lowest BCUT2D eigenvalue weighted by molar-refractivity contribution is 0.100. The number of primary amides is 1. The number of nitrogens with zero attached hydrogens (tertiary/aromatic N) is 5. The summed E-state index contributed by atoms with van der Waals surface area (Å²) in [6.07, 6.45) is 5.41. The first-order valence-electron chi connectivity index (χ1n) is 10.1. The summed E-state index contributed by atoms with van der Waals surface area (Å²) in [4.78, 5) is 26.7. The van der Waals surface area contributed by atoms with E-state index < -0.39 is 5.91 Å². The number of aromatic nitrogens is 3. The molecule has 5 rings (SSSR count). The van der Waals surface area contributed by atoms with Crippen LogP contribution in [0.2, 0.25) is 0 Å². The number of carbonyl (C=O) groups is 1. The molecule has 1 saturated heterocycles. The summed E-state index contributed by atoms with van der Waals surface area (Å²) in [5.41, 5.74) is 9.16. The standard InChI is InChI=1S/C22H23N7OS/c1-27-10-12-28(13-11-27)16-4-2-15(3-5-16)26-21-22-24-8-9-29(22)17(14-25-21)18-6-7-19(31-18)20(23)30/h2-9,14H,10-13H2,1H3,(H2,23,30)(H,25,26). The normalized spacial score (nSPS) is 14.8. The van der Waals surface area contributed by atoms with E-state index >= 15 is 0 Å². The minimum absolute atomic E-state index is 0.426. The van der Waals surface area contributed by atoms with E-state index in [4.69, 9.17) is 5.73 Å². The SMILES string of the molecule is CN1CCN(c2ccc(Nc3ncc(-c4ccc(C(N)=O)s4)n4ccnc34)cc2)CC1. The maximum absolute atomic E-state index is 11.4. The maximum atomic E-state index is 11.4. The van der Waals surface area contributed by atoms with Crippen LogP contribution in [0.25, 0.3) is 16.2 Å². The van der Waals surface area contributed by atoms with E-state index in [1.807, 2.05) is 16.7 Å². The van der Waals surface area contributed by atoms with Crippen molar-refractivity contribution in [1.29, 1.82) is 0 Å². The highest BCUT2D eigenvalue weighted by atomic mass is 32.1. The van der Waals surface area contributed by atoms with E-state index in [1.54, 1.807) is 18.5 Å². The zero-order chi connectivity index (χ0) is 21.4. The van der Waals surface area contributed by atoms with Crippen molar-refractivity contribution in [3.8, 4) is 10.6 Å². The predicted octanol–water partition coefficient (Wildman–Crippen LogP) is 3.05.